The van der Waals surface area contributed by atoms with Crippen LogP contribution in [0.5, 0.6) is 0 Å². The van der Waals surface area contributed by atoms with Gasteiger partial charge in [0.15, 0.2) is 0 Å². The van der Waals surface area contributed by atoms with E-state index in [1.807, 2.05) is 0 Å². The quantitative estimate of drug-likeness (QED) is 0.907. The van der Waals surface area contributed by atoms with E-state index in [4.69, 9.17) is 22.1 Å². The molecule has 1 saturated carbocycles. The summed E-state index contributed by atoms with van der Waals surface area (Å²) in [4.78, 5) is 0. The molecule has 18 heavy (non-hydrogen) atoms. The number of benzene rings is 1. The highest BCUT2D eigenvalue weighted by molar-refractivity contribution is 6.30. The molecule has 0 bridgehead atoms. The molecule has 1 unspecified atom stereocenters. The molecule has 1 aromatic carbocycles. The normalized spacial score (nSPS) is 20.7. The molecule has 0 saturated heterocycles. The Kier molecular flexibility index (Phi) is 4.25. The summed E-state index contributed by atoms with van der Waals surface area (Å²) >= 11 is 5.76. The lowest BCUT2D eigenvalue weighted by molar-refractivity contribution is -0.0602. The lowest BCUT2D eigenvalue weighted by atomic mass is 9.77. The van der Waals surface area contributed by atoms with Crippen LogP contribution < -0.4 is 5.73 Å². The topological polar surface area (TPSA) is 35.2 Å². The van der Waals surface area contributed by atoms with Crippen molar-refractivity contribution in [1.29, 1.82) is 0 Å². The molecule has 2 rings (SSSR count). The Morgan fingerprint density at radius 1 is 1.33 bits per heavy atom. The summed E-state index contributed by atoms with van der Waals surface area (Å²) in [5.41, 5.74) is 6.31. The van der Waals surface area contributed by atoms with Gasteiger partial charge in [-0.3, -0.25) is 0 Å². The monoisotopic (exact) mass is 271 g/mol. The van der Waals surface area contributed by atoms with Crippen LogP contribution >= 0.6 is 11.6 Å². The fourth-order valence-corrected chi connectivity index (χ4v) is 2.99. The molecule has 100 valence electrons. The first-order chi connectivity index (χ1) is 8.59. The molecule has 0 spiro atoms. The van der Waals surface area contributed by atoms with Gasteiger partial charge in [0.1, 0.15) is 5.82 Å². The molecule has 1 aliphatic rings. The molecular weight excluding hydrogens is 253 g/mol. The van der Waals surface area contributed by atoms with Gasteiger partial charge in [0.2, 0.25) is 0 Å². The highest BCUT2D eigenvalue weighted by Gasteiger charge is 2.39. The Balaban J connectivity index is 2.30. The van der Waals surface area contributed by atoms with Gasteiger partial charge in [-0.05, 0) is 25.0 Å². The fraction of sp³-hybridized carbons (Fsp3) is 0.571. The first-order valence-corrected chi connectivity index (χ1v) is 6.72. The van der Waals surface area contributed by atoms with Crippen LogP contribution in [0.15, 0.2) is 18.2 Å². The van der Waals surface area contributed by atoms with Gasteiger partial charge in [-0.15, -0.1) is 0 Å². The zero-order valence-electron chi connectivity index (χ0n) is 10.6. The Morgan fingerprint density at radius 3 is 2.56 bits per heavy atom. The number of halogens is 2. The van der Waals surface area contributed by atoms with E-state index in [0.717, 1.165) is 25.7 Å². The number of rotatable bonds is 3. The van der Waals surface area contributed by atoms with E-state index >= 15 is 0 Å². The smallest absolute Gasteiger partial charge is 0.129 e. The summed E-state index contributed by atoms with van der Waals surface area (Å²) < 4.78 is 19.6. The zero-order valence-corrected chi connectivity index (χ0v) is 11.3. The molecule has 0 aliphatic heterocycles. The standard InChI is InChI=1S/C14H19ClFNO/c1-18-14(7-3-2-4-8-14)13(17)11-6-5-10(15)9-12(11)16/h5-6,9,13H,2-4,7-8,17H2,1H3. The van der Waals surface area contributed by atoms with E-state index in [9.17, 15) is 4.39 Å². The van der Waals surface area contributed by atoms with Gasteiger partial charge in [0.25, 0.3) is 0 Å². The Bertz CT molecular complexity index is 418. The van der Waals surface area contributed by atoms with Crippen molar-refractivity contribution in [3.63, 3.8) is 0 Å². The van der Waals surface area contributed by atoms with Gasteiger partial charge in [-0.25, -0.2) is 4.39 Å². The maximum atomic E-state index is 13.9. The van der Waals surface area contributed by atoms with Crippen LogP contribution in [0.25, 0.3) is 0 Å². The molecule has 0 heterocycles. The minimum Gasteiger partial charge on any atom is -0.376 e. The van der Waals surface area contributed by atoms with Crippen LogP contribution in [-0.2, 0) is 4.74 Å². The fourth-order valence-electron chi connectivity index (χ4n) is 2.83. The van der Waals surface area contributed by atoms with E-state index < -0.39 is 11.6 Å². The Hall–Kier alpha value is -0.640. The summed E-state index contributed by atoms with van der Waals surface area (Å²) in [5.74, 6) is -0.350. The minimum absolute atomic E-state index is 0.350. The first kappa shape index (κ1) is 13.8. The largest absolute Gasteiger partial charge is 0.376 e. The number of hydrogen-bond donors (Lipinski definition) is 1. The van der Waals surface area contributed by atoms with Crippen molar-refractivity contribution < 1.29 is 9.13 Å². The van der Waals surface area contributed by atoms with Crippen LogP contribution in [0.2, 0.25) is 5.02 Å². The van der Waals surface area contributed by atoms with Crippen LogP contribution in [0, 0.1) is 5.82 Å². The van der Waals surface area contributed by atoms with E-state index in [2.05, 4.69) is 0 Å². The molecule has 0 aromatic heterocycles. The van der Waals surface area contributed by atoms with Crippen molar-refractivity contribution in [1.82, 2.24) is 0 Å². The van der Waals surface area contributed by atoms with Gasteiger partial charge in [-0.2, -0.15) is 0 Å². The molecule has 0 radical (unpaired) electrons. The highest BCUT2D eigenvalue weighted by Crippen LogP contribution is 2.40. The van der Waals surface area contributed by atoms with Crippen molar-refractivity contribution in [3.05, 3.63) is 34.6 Å². The zero-order chi connectivity index (χ0) is 13.2. The van der Waals surface area contributed by atoms with Crippen molar-refractivity contribution in [2.75, 3.05) is 7.11 Å². The summed E-state index contributed by atoms with van der Waals surface area (Å²) in [6.07, 6.45) is 5.12. The second-order valence-corrected chi connectivity index (χ2v) is 5.41. The summed E-state index contributed by atoms with van der Waals surface area (Å²) in [6.45, 7) is 0. The molecule has 0 amide bonds. The predicted octanol–water partition coefficient (Wildman–Crippen LogP) is 3.83. The lowest BCUT2D eigenvalue weighted by Crippen LogP contribution is -2.45. The molecule has 4 heteroatoms. The lowest BCUT2D eigenvalue weighted by Gasteiger charge is -2.41. The van der Waals surface area contributed by atoms with Gasteiger partial charge in [0, 0.05) is 17.7 Å². The van der Waals surface area contributed by atoms with Crippen LogP contribution in [-0.4, -0.2) is 12.7 Å². The summed E-state index contributed by atoms with van der Waals surface area (Å²) in [5, 5.41) is 0.388. The average Bonchev–Trinajstić information content (AvgIpc) is 2.39. The van der Waals surface area contributed by atoms with E-state index in [0.29, 0.717) is 10.6 Å². The number of hydrogen-bond acceptors (Lipinski definition) is 2. The summed E-state index contributed by atoms with van der Waals surface area (Å²) in [6, 6.07) is 4.20. The van der Waals surface area contributed by atoms with E-state index in [1.54, 1.807) is 19.2 Å². The molecule has 2 N–H and O–H groups in total. The third-order valence-corrected chi connectivity index (χ3v) is 4.21. The molecular formula is C14H19ClFNO. The Labute approximate surface area is 112 Å². The van der Waals surface area contributed by atoms with E-state index in [-0.39, 0.29) is 5.82 Å². The maximum absolute atomic E-state index is 13.9. The van der Waals surface area contributed by atoms with Gasteiger partial charge < -0.3 is 10.5 Å². The number of ether oxygens (including phenoxy) is 1. The molecule has 1 aromatic rings. The number of nitrogens with two attached hydrogens (primary N) is 1. The highest BCUT2D eigenvalue weighted by atomic mass is 35.5. The molecule has 2 nitrogen and oxygen atoms in total. The SMILES string of the molecule is COC1(C(N)c2ccc(Cl)cc2F)CCCCC1. The second kappa shape index (κ2) is 5.55. The molecule has 1 aliphatic carbocycles. The van der Waals surface area contributed by atoms with Crippen LogP contribution in [0.4, 0.5) is 4.39 Å². The maximum Gasteiger partial charge on any atom is 0.129 e. The van der Waals surface area contributed by atoms with E-state index in [1.165, 1.54) is 12.5 Å². The van der Waals surface area contributed by atoms with Crippen molar-refractivity contribution in [3.8, 4) is 0 Å². The second-order valence-electron chi connectivity index (χ2n) is 4.97. The van der Waals surface area contributed by atoms with Gasteiger partial charge in [0.05, 0.1) is 11.6 Å². The van der Waals surface area contributed by atoms with Gasteiger partial charge in [-0.1, -0.05) is 36.9 Å². The van der Waals surface area contributed by atoms with Crippen molar-refractivity contribution in [2.24, 2.45) is 5.73 Å². The average molecular weight is 272 g/mol. The third-order valence-electron chi connectivity index (χ3n) is 3.97. The summed E-state index contributed by atoms with van der Waals surface area (Å²) in [7, 11) is 1.67. The van der Waals surface area contributed by atoms with Crippen molar-refractivity contribution in [2.45, 2.75) is 43.7 Å². The predicted molar refractivity (Wildman–Crippen MR) is 71.2 cm³/mol. The number of methoxy groups -OCH3 is 1. The van der Waals surface area contributed by atoms with Crippen molar-refractivity contribution >= 4 is 11.6 Å². The van der Waals surface area contributed by atoms with Gasteiger partial charge >= 0.3 is 0 Å². The third kappa shape index (κ3) is 2.53. The van der Waals surface area contributed by atoms with Crippen LogP contribution in [0.3, 0.4) is 0 Å². The first-order valence-electron chi connectivity index (χ1n) is 6.35. The van der Waals surface area contributed by atoms with Crippen LogP contribution in [0.1, 0.15) is 43.7 Å². The minimum atomic E-state index is -0.444. The Morgan fingerprint density at radius 2 is 2.00 bits per heavy atom. The molecule has 1 atom stereocenters. The molecule has 1 fully saturated rings.